The van der Waals surface area contributed by atoms with Gasteiger partial charge in [-0.25, -0.2) is 4.98 Å². The number of carbonyl (C=O) groups excluding carboxylic acids is 1. The van der Waals surface area contributed by atoms with Gasteiger partial charge in [-0.1, -0.05) is 30.3 Å². The van der Waals surface area contributed by atoms with Crippen molar-refractivity contribution in [1.29, 1.82) is 0 Å². The Morgan fingerprint density at radius 3 is 2.58 bits per heavy atom. The number of methoxy groups -OCH3 is 1. The van der Waals surface area contributed by atoms with E-state index in [2.05, 4.69) is 22.4 Å². The minimum absolute atomic E-state index is 0.0703. The summed E-state index contributed by atoms with van der Waals surface area (Å²) in [7, 11) is 3.57. The third kappa shape index (κ3) is 4.91. The van der Waals surface area contributed by atoms with Crippen molar-refractivity contribution in [2.45, 2.75) is 6.54 Å². The molecule has 0 unspecified atom stereocenters. The van der Waals surface area contributed by atoms with Gasteiger partial charge in [0.2, 0.25) is 5.91 Å². The molecule has 26 heavy (non-hydrogen) atoms. The summed E-state index contributed by atoms with van der Waals surface area (Å²) in [5.41, 5.74) is 3.01. The van der Waals surface area contributed by atoms with Crippen LogP contribution in [0.2, 0.25) is 0 Å². The van der Waals surface area contributed by atoms with Crippen LogP contribution < -0.4 is 10.1 Å². The van der Waals surface area contributed by atoms with Gasteiger partial charge in [0.15, 0.2) is 5.13 Å². The fourth-order valence-corrected chi connectivity index (χ4v) is 3.32. The van der Waals surface area contributed by atoms with Crippen LogP contribution in [0.5, 0.6) is 5.75 Å². The van der Waals surface area contributed by atoms with E-state index >= 15 is 0 Å². The smallest absolute Gasteiger partial charge is 0.240 e. The maximum absolute atomic E-state index is 12.2. The molecular weight excluding hydrogens is 346 g/mol. The second-order valence-corrected chi connectivity index (χ2v) is 6.83. The summed E-state index contributed by atoms with van der Waals surface area (Å²) in [5, 5.41) is 5.41. The zero-order chi connectivity index (χ0) is 18.4. The first kappa shape index (κ1) is 18.1. The standard InChI is InChI=1S/C20H21N3O2S/c1-23(12-15-6-4-3-5-7-15)13-19(24)22-20-21-18(14-26-20)16-8-10-17(25-2)11-9-16/h3-11,14H,12-13H2,1-2H3,(H,21,22,24). The number of likely N-dealkylation sites (N-methyl/N-ethyl adjacent to an activating group) is 1. The zero-order valence-corrected chi connectivity index (χ0v) is 15.6. The largest absolute Gasteiger partial charge is 0.497 e. The zero-order valence-electron chi connectivity index (χ0n) is 14.8. The summed E-state index contributed by atoms with van der Waals surface area (Å²) in [4.78, 5) is 18.7. The first-order valence-corrected chi connectivity index (χ1v) is 9.14. The van der Waals surface area contributed by atoms with Gasteiger partial charge < -0.3 is 10.1 Å². The van der Waals surface area contributed by atoms with Crippen molar-refractivity contribution < 1.29 is 9.53 Å². The summed E-state index contributed by atoms with van der Waals surface area (Å²) in [6, 6.07) is 17.8. The second-order valence-electron chi connectivity index (χ2n) is 5.97. The first-order valence-electron chi connectivity index (χ1n) is 8.26. The Morgan fingerprint density at radius 1 is 1.15 bits per heavy atom. The molecule has 0 radical (unpaired) electrons. The van der Waals surface area contributed by atoms with Crippen molar-refractivity contribution in [3.63, 3.8) is 0 Å². The van der Waals surface area contributed by atoms with Gasteiger partial charge in [0, 0.05) is 17.5 Å². The summed E-state index contributed by atoms with van der Waals surface area (Å²) >= 11 is 1.42. The Morgan fingerprint density at radius 2 is 1.88 bits per heavy atom. The van der Waals surface area contributed by atoms with Crippen LogP contribution in [0.1, 0.15) is 5.56 Å². The number of benzene rings is 2. The maximum atomic E-state index is 12.2. The van der Waals surface area contributed by atoms with Gasteiger partial charge in [-0.05, 0) is 36.9 Å². The predicted molar refractivity (Wildman–Crippen MR) is 106 cm³/mol. The molecule has 0 saturated carbocycles. The Hall–Kier alpha value is -2.70. The van der Waals surface area contributed by atoms with Gasteiger partial charge in [-0.2, -0.15) is 0 Å². The van der Waals surface area contributed by atoms with Crippen LogP contribution >= 0.6 is 11.3 Å². The molecule has 0 atom stereocenters. The number of hydrogen-bond acceptors (Lipinski definition) is 5. The van der Waals surface area contributed by atoms with Crippen molar-refractivity contribution in [2.24, 2.45) is 0 Å². The Balaban J connectivity index is 1.55. The molecule has 1 heterocycles. The third-order valence-corrected chi connectivity index (χ3v) is 4.60. The number of anilines is 1. The fourth-order valence-electron chi connectivity index (χ4n) is 2.58. The molecular formula is C20H21N3O2S. The van der Waals surface area contributed by atoms with E-state index in [0.29, 0.717) is 11.7 Å². The molecule has 1 amide bonds. The topological polar surface area (TPSA) is 54.5 Å². The van der Waals surface area contributed by atoms with Crippen molar-refractivity contribution in [3.05, 3.63) is 65.5 Å². The molecule has 0 saturated heterocycles. The lowest BCUT2D eigenvalue weighted by Gasteiger charge is -2.15. The number of nitrogens with zero attached hydrogens (tertiary/aromatic N) is 2. The highest BCUT2D eigenvalue weighted by molar-refractivity contribution is 7.14. The molecule has 0 aliphatic carbocycles. The number of rotatable bonds is 7. The van der Waals surface area contributed by atoms with Gasteiger partial charge in [-0.15, -0.1) is 11.3 Å². The molecule has 0 spiro atoms. The second kappa shape index (κ2) is 8.60. The predicted octanol–water partition coefficient (Wildman–Crippen LogP) is 3.89. The van der Waals surface area contributed by atoms with Gasteiger partial charge in [0.05, 0.1) is 19.3 Å². The highest BCUT2D eigenvalue weighted by atomic mass is 32.1. The lowest BCUT2D eigenvalue weighted by molar-refractivity contribution is -0.117. The SMILES string of the molecule is COc1ccc(-c2csc(NC(=O)CN(C)Cc3ccccc3)n2)cc1. The molecule has 1 aromatic heterocycles. The van der Waals surface area contributed by atoms with Crippen molar-refractivity contribution >= 4 is 22.4 Å². The van der Waals surface area contributed by atoms with E-state index in [1.807, 2.05) is 59.8 Å². The Bertz CT molecular complexity index is 847. The van der Waals surface area contributed by atoms with E-state index in [0.717, 1.165) is 23.6 Å². The number of carbonyl (C=O) groups is 1. The molecule has 6 heteroatoms. The van der Waals surface area contributed by atoms with Gasteiger partial charge in [-0.3, -0.25) is 9.69 Å². The van der Waals surface area contributed by atoms with Gasteiger partial charge in [0.25, 0.3) is 0 Å². The van der Waals surface area contributed by atoms with Crippen LogP contribution in [0.3, 0.4) is 0 Å². The average molecular weight is 367 g/mol. The van der Waals surface area contributed by atoms with Gasteiger partial charge in [0.1, 0.15) is 5.75 Å². The van der Waals surface area contributed by atoms with Crippen LogP contribution in [-0.4, -0.2) is 36.5 Å². The Labute approximate surface area is 157 Å². The normalized spacial score (nSPS) is 10.7. The molecule has 3 aromatic rings. The van der Waals surface area contributed by atoms with Crippen molar-refractivity contribution in [1.82, 2.24) is 9.88 Å². The van der Waals surface area contributed by atoms with E-state index in [4.69, 9.17) is 4.74 Å². The van der Waals surface area contributed by atoms with Crippen LogP contribution in [0.25, 0.3) is 11.3 Å². The highest BCUT2D eigenvalue weighted by Crippen LogP contribution is 2.26. The molecule has 1 N–H and O–H groups in total. The van der Waals surface area contributed by atoms with Gasteiger partial charge >= 0.3 is 0 Å². The van der Waals surface area contributed by atoms with E-state index in [-0.39, 0.29) is 5.91 Å². The van der Waals surface area contributed by atoms with E-state index < -0.39 is 0 Å². The van der Waals surface area contributed by atoms with Crippen LogP contribution in [0.4, 0.5) is 5.13 Å². The van der Waals surface area contributed by atoms with Crippen molar-refractivity contribution in [3.8, 4) is 17.0 Å². The Kier molecular flexibility index (Phi) is 5.99. The molecule has 2 aromatic carbocycles. The van der Waals surface area contributed by atoms with E-state index in [1.165, 1.54) is 16.9 Å². The summed E-state index contributed by atoms with van der Waals surface area (Å²) in [6.45, 7) is 1.04. The number of aromatic nitrogens is 1. The van der Waals surface area contributed by atoms with Crippen LogP contribution in [0, 0.1) is 0 Å². The minimum Gasteiger partial charge on any atom is -0.497 e. The summed E-state index contributed by atoms with van der Waals surface area (Å²) in [6.07, 6.45) is 0. The molecule has 3 rings (SSSR count). The van der Waals surface area contributed by atoms with Crippen LogP contribution in [-0.2, 0) is 11.3 Å². The molecule has 0 aliphatic heterocycles. The van der Waals surface area contributed by atoms with E-state index in [1.54, 1.807) is 7.11 Å². The molecule has 0 aliphatic rings. The number of hydrogen-bond donors (Lipinski definition) is 1. The monoisotopic (exact) mass is 367 g/mol. The maximum Gasteiger partial charge on any atom is 0.240 e. The van der Waals surface area contributed by atoms with Crippen molar-refractivity contribution in [2.75, 3.05) is 26.0 Å². The first-order chi connectivity index (χ1) is 12.6. The molecule has 5 nitrogen and oxygen atoms in total. The number of thiazole rings is 1. The van der Waals surface area contributed by atoms with E-state index in [9.17, 15) is 4.79 Å². The molecule has 134 valence electrons. The molecule has 0 fully saturated rings. The minimum atomic E-state index is -0.0703. The number of nitrogens with one attached hydrogen (secondary N) is 1. The highest BCUT2D eigenvalue weighted by Gasteiger charge is 2.11. The van der Waals surface area contributed by atoms with Crippen LogP contribution in [0.15, 0.2) is 60.0 Å². The lowest BCUT2D eigenvalue weighted by atomic mass is 10.2. The quantitative estimate of drug-likeness (QED) is 0.688. The number of amides is 1. The lowest BCUT2D eigenvalue weighted by Crippen LogP contribution is -2.29. The molecule has 0 bridgehead atoms. The average Bonchev–Trinajstić information content (AvgIpc) is 3.10. The number of ether oxygens (including phenoxy) is 1. The fraction of sp³-hybridized carbons (Fsp3) is 0.200. The summed E-state index contributed by atoms with van der Waals surface area (Å²) < 4.78 is 5.16. The summed E-state index contributed by atoms with van der Waals surface area (Å²) in [5.74, 6) is 0.734. The third-order valence-electron chi connectivity index (χ3n) is 3.85.